The standard InChI is InChI=1S/C18H13FN4O.C18H13FN4.C18H11N5.C18H14N4O.C18H14N4.C17H12N4O/c1-24-17-8-11(4-5-14(17)19)18-13(3-2-6-20-18)12-7-15-16(21-9-12)10-22-23-15;1-11-4-5-15(19)14(7-11)18-13(3-2-6-20-18)12-8-16-17(21-9-12)10-22-23-16;19-9-12-3-1-4-13(7-12)18-15(5-2-6-20-18)14-8-16-17(21-10-14)11-22-23-16;1-23-14-5-2-4-12(8-14)18-15(6-3-7-19-18)13-9-16-17(20-10-13)11-21-22-16;1-12-4-2-5-13(8-12)18-15(6-3-7-19-18)14-9-16-17(20-10-14)11-21-22-16;22-13-4-1-3-11(7-13)17-14(5-2-6-18-17)12-8-15-16(19-9-12)10-20-21-15/h2-10H,1H3,(H,22,23);2-10H,1H3,(H,22,23);1-8,10-11H,(H,22,23);2-11H,1H3,(H,21,22);2-11H,1H3,(H,21,22);1-10,22H,(H,20,21). The first-order valence-electron chi connectivity index (χ1n) is 42.9. The van der Waals surface area contributed by atoms with Crippen LogP contribution in [-0.4, -0.2) is 140 Å². The van der Waals surface area contributed by atoms with Crippen LogP contribution in [0.4, 0.5) is 8.78 Å². The maximum absolute atomic E-state index is 14.3. The third-order valence-electron chi connectivity index (χ3n) is 22.3. The molecular formula is C107H77F2N25O3. The number of H-pyrrole nitrogens is 6. The van der Waals surface area contributed by atoms with Crippen LogP contribution in [-0.2, 0) is 0 Å². The van der Waals surface area contributed by atoms with Gasteiger partial charge in [0.25, 0.3) is 0 Å². The Labute approximate surface area is 779 Å². The van der Waals surface area contributed by atoms with Crippen molar-refractivity contribution in [1.82, 2.24) is 121 Å². The summed E-state index contributed by atoms with van der Waals surface area (Å²) in [6, 6.07) is 78.0. The van der Waals surface area contributed by atoms with Crippen LogP contribution in [0.2, 0.25) is 0 Å². The smallest absolute Gasteiger partial charge is 0.165 e. The Kier molecular flexibility index (Phi) is 25.4. The summed E-state index contributed by atoms with van der Waals surface area (Å²) in [5, 5.41) is 60.4. The molecule has 662 valence electrons. The quantitative estimate of drug-likeness (QED) is 0.0531. The lowest BCUT2D eigenvalue weighted by Gasteiger charge is -2.10. The van der Waals surface area contributed by atoms with Crippen molar-refractivity contribution in [2.45, 2.75) is 13.8 Å². The third kappa shape index (κ3) is 19.5. The highest BCUT2D eigenvalue weighted by Gasteiger charge is 2.20. The molecule has 24 aromatic rings. The van der Waals surface area contributed by atoms with Gasteiger partial charge in [-0.05, 0) is 159 Å². The summed E-state index contributed by atoms with van der Waals surface area (Å²) in [6.45, 7) is 4.02. The number of hydrogen-bond donors (Lipinski definition) is 7. The van der Waals surface area contributed by atoms with Crippen molar-refractivity contribution < 1.29 is 23.4 Å². The zero-order chi connectivity index (χ0) is 93.5. The summed E-state index contributed by atoms with van der Waals surface area (Å²) in [7, 11) is 3.10. The number of nitriles is 1. The maximum Gasteiger partial charge on any atom is 0.165 e. The van der Waals surface area contributed by atoms with Crippen molar-refractivity contribution in [3.8, 4) is 158 Å². The Morgan fingerprint density at radius 1 is 0.263 bits per heavy atom. The molecule has 0 aliphatic rings. The topological polar surface area (TPSA) is 389 Å². The number of pyridine rings is 12. The van der Waals surface area contributed by atoms with Crippen LogP contribution in [0.25, 0.3) is 201 Å². The van der Waals surface area contributed by atoms with Gasteiger partial charge in [0.1, 0.15) is 50.4 Å². The van der Waals surface area contributed by atoms with E-state index in [1.807, 2.05) is 183 Å². The molecule has 0 saturated heterocycles. The molecule has 30 heteroatoms. The van der Waals surface area contributed by atoms with E-state index < -0.39 is 5.82 Å². The van der Waals surface area contributed by atoms with E-state index in [0.717, 1.165) is 201 Å². The molecule has 0 radical (unpaired) electrons. The minimum Gasteiger partial charge on any atom is -0.508 e. The molecule has 0 saturated carbocycles. The van der Waals surface area contributed by atoms with Crippen LogP contribution in [0.15, 0.2) is 354 Å². The molecule has 0 fully saturated rings. The number of ether oxygens (including phenoxy) is 2. The molecule has 0 unspecified atom stereocenters. The first-order valence-corrected chi connectivity index (χ1v) is 42.9. The van der Waals surface area contributed by atoms with Gasteiger partial charge in [0, 0.05) is 175 Å². The highest BCUT2D eigenvalue weighted by Crippen LogP contribution is 2.40. The Morgan fingerprint density at radius 3 is 0.934 bits per heavy atom. The Bertz CT molecular complexity index is 8360. The number of fused-ring (bicyclic) bond motifs is 6. The van der Waals surface area contributed by atoms with Gasteiger partial charge < -0.3 is 14.6 Å². The minimum absolute atomic E-state index is 0.186. The monoisotopic (exact) mass is 1800 g/mol. The fraction of sp³-hybridized carbons (Fsp3) is 0.0374. The van der Waals surface area contributed by atoms with Crippen molar-refractivity contribution in [2.75, 3.05) is 14.2 Å². The summed E-state index contributed by atoms with van der Waals surface area (Å²) < 4.78 is 38.4. The number of phenolic OH excluding ortho intramolecular Hbond substituents is 1. The van der Waals surface area contributed by atoms with Gasteiger partial charge in [-0.25, -0.2) is 8.78 Å². The molecule has 0 aliphatic heterocycles. The van der Waals surface area contributed by atoms with Crippen molar-refractivity contribution in [1.29, 1.82) is 5.26 Å². The number of aromatic hydroxyl groups is 1. The van der Waals surface area contributed by atoms with Gasteiger partial charge in [-0.15, -0.1) is 0 Å². The van der Waals surface area contributed by atoms with Gasteiger partial charge in [-0.2, -0.15) is 35.9 Å². The number of benzene rings is 6. The molecule has 24 rings (SSSR count). The lowest BCUT2D eigenvalue weighted by Crippen LogP contribution is -1.93. The molecule has 18 aromatic heterocycles. The summed E-state index contributed by atoms with van der Waals surface area (Å²) in [6.07, 6.45) is 31.5. The fourth-order valence-corrected chi connectivity index (χ4v) is 15.6. The lowest BCUT2D eigenvalue weighted by atomic mass is 9.99. The number of rotatable bonds is 14. The Balaban J connectivity index is 0.000000105. The van der Waals surface area contributed by atoms with Crippen LogP contribution in [0.5, 0.6) is 17.2 Å². The number of nitrogens with one attached hydrogen (secondary N) is 6. The molecule has 6 aromatic carbocycles. The number of aryl methyl sites for hydroxylation is 2. The summed E-state index contributed by atoms with van der Waals surface area (Å²) >= 11 is 0. The highest BCUT2D eigenvalue weighted by atomic mass is 19.1. The first kappa shape index (κ1) is 87.0. The van der Waals surface area contributed by atoms with Gasteiger partial charge in [0.15, 0.2) is 11.6 Å². The van der Waals surface area contributed by atoms with Crippen LogP contribution in [0, 0.1) is 36.8 Å². The maximum atomic E-state index is 14.3. The second-order valence-electron chi connectivity index (χ2n) is 31.2. The number of aromatic nitrogens is 24. The lowest BCUT2D eigenvalue weighted by molar-refractivity contribution is 0.387. The van der Waals surface area contributed by atoms with Crippen molar-refractivity contribution in [2.24, 2.45) is 0 Å². The second-order valence-corrected chi connectivity index (χ2v) is 31.2. The molecule has 0 amide bonds. The van der Waals surface area contributed by atoms with Gasteiger partial charge in [0.05, 0.1) is 130 Å². The zero-order valence-electron chi connectivity index (χ0n) is 73.5. The van der Waals surface area contributed by atoms with Crippen molar-refractivity contribution in [3.05, 3.63) is 383 Å². The zero-order valence-corrected chi connectivity index (χ0v) is 73.5. The Morgan fingerprint density at radius 2 is 0.577 bits per heavy atom. The molecule has 28 nitrogen and oxygen atoms in total. The van der Waals surface area contributed by atoms with Crippen LogP contribution >= 0.6 is 0 Å². The summed E-state index contributed by atoms with van der Waals surface area (Å²) in [5.74, 6) is 0.522. The van der Waals surface area contributed by atoms with E-state index in [1.165, 1.54) is 24.8 Å². The van der Waals surface area contributed by atoms with Gasteiger partial charge in [-0.3, -0.25) is 90.4 Å². The van der Waals surface area contributed by atoms with E-state index in [9.17, 15) is 13.9 Å². The molecular weight excluding hydrogens is 1720 g/mol. The molecule has 137 heavy (non-hydrogen) atoms. The average Bonchev–Trinajstić information content (AvgIpc) is 1.34. The van der Waals surface area contributed by atoms with E-state index in [4.69, 9.17) is 14.7 Å². The number of hydrogen-bond acceptors (Lipinski definition) is 22. The normalized spacial score (nSPS) is 10.9. The van der Waals surface area contributed by atoms with E-state index >= 15 is 0 Å². The first-order chi connectivity index (χ1) is 67.3. The Hall–Kier alpha value is -19.3. The summed E-state index contributed by atoms with van der Waals surface area (Å²) in [5.41, 5.74) is 34.4. The largest absolute Gasteiger partial charge is 0.508 e. The third-order valence-corrected chi connectivity index (χ3v) is 22.3. The fourth-order valence-electron chi connectivity index (χ4n) is 15.6. The highest BCUT2D eigenvalue weighted by molar-refractivity contribution is 5.93. The molecule has 0 aliphatic carbocycles. The van der Waals surface area contributed by atoms with Crippen LogP contribution in [0.1, 0.15) is 16.7 Å². The molecule has 7 N–H and O–H groups in total. The number of nitrogens with zero attached hydrogens (tertiary/aromatic N) is 19. The van der Waals surface area contributed by atoms with Gasteiger partial charge >= 0.3 is 0 Å². The number of methoxy groups -OCH3 is 2. The van der Waals surface area contributed by atoms with Crippen molar-refractivity contribution >= 4 is 66.2 Å². The van der Waals surface area contributed by atoms with E-state index in [1.54, 1.807) is 136 Å². The second kappa shape index (κ2) is 40.0. The van der Waals surface area contributed by atoms with E-state index in [-0.39, 0.29) is 17.3 Å². The molecule has 0 spiro atoms. The average molecular weight is 1800 g/mol. The van der Waals surface area contributed by atoms with Crippen molar-refractivity contribution in [3.63, 3.8) is 0 Å². The van der Waals surface area contributed by atoms with E-state index in [0.29, 0.717) is 16.8 Å². The number of phenols is 1. The van der Waals surface area contributed by atoms with Gasteiger partial charge in [-0.1, -0.05) is 108 Å². The molecule has 0 atom stereocenters. The number of aromatic amines is 6. The predicted molar refractivity (Wildman–Crippen MR) is 524 cm³/mol. The molecule has 18 heterocycles. The minimum atomic E-state index is -0.403. The summed E-state index contributed by atoms with van der Waals surface area (Å²) in [4.78, 5) is 53.5. The number of halogens is 2. The van der Waals surface area contributed by atoms with Crippen LogP contribution in [0.3, 0.4) is 0 Å². The van der Waals surface area contributed by atoms with Crippen LogP contribution < -0.4 is 9.47 Å². The SMILES string of the molecule is COc1cc(-c2ncccc2-c2cnc3cn[nH]c3c2)ccc1F.COc1cccc(-c2ncccc2-c2cnc3cn[nH]c3c2)c1.Cc1ccc(F)c(-c2ncccc2-c2cnc3cn[nH]c3c2)c1.Cc1cccc(-c2ncccc2-c2cnc3cn[nH]c3c2)c1.N#Cc1cccc(-c2ncccc2-c2cnc3cn[nH]c3c2)c1.Oc1cccc(-c2ncccc2-c2cnc3cn[nH]c3c2)c1. The predicted octanol–water partition coefficient (Wildman–Crippen LogP) is 22.6. The molecule has 0 bridgehead atoms. The van der Waals surface area contributed by atoms with E-state index in [2.05, 4.69) is 170 Å². The van der Waals surface area contributed by atoms with Gasteiger partial charge in [0.2, 0.25) is 0 Å².